The van der Waals surface area contributed by atoms with Crippen LogP contribution in [-0.2, 0) is 11.3 Å². The fraction of sp³-hybridized carbons (Fsp3) is 0.261. The molecule has 188 valence electrons. The standard InChI is InChI=1S/C23H21Cl2FN6OS3/c1-2-17(24)18(25)8-15(9-26)30-21-16-7-14(5-6-19(16)27-12-28-21)29-20(33)10-32-23(34)36-22(31-32)35-11-13-3-4-13/h2,5-9,12-13H,3-4,10-11H2,1H3,(H,29,33)(H,27,28,30)/b15-9-,17-2+,18-8+. The number of amides is 1. The van der Waals surface area contributed by atoms with E-state index in [1.165, 1.54) is 41.3 Å². The lowest BCUT2D eigenvalue weighted by Gasteiger charge is -2.11. The summed E-state index contributed by atoms with van der Waals surface area (Å²) in [5.41, 5.74) is 1.17. The summed E-state index contributed by atoms with van der Waals surface area (Å²) < 4.78 is 16.5. The van der Waals surface area contributed by atoms with Crippen LogP contribution in [0.2, 0.25) is 0 Å². The number of nitrogens with zero attached hydrogens (tertiary/aromatic N) is 4. The summed E-state index contributed by atoms with van der Waals surface area (Å²) in [6, 6.07) is 5.16. The van der Waals surface area contributed by atoms with Crippen LogP contribution >= 0.6 is 58.5 Å². The number of thioether (sulfide) groups is 1. The van der Waals surface area contributed by atoms with Crippen LogP contribution < -0.4 is 10.6 Å². The van der Waals surface area contributed by atoms with Gasteiger partial charge in [0.05, 0.1) is 21.3 Å². The molecule has 0 bridgehead atoms. The van der Waals surface area contributed by atoms with E-state index in [2.05, 4.69) is 25.7 Å². The minimum atomic E-state index is -0.277. The zero-order chi connectivity index (χ0) is 25.7. The highest BCUT2D eigenvalue weighted by Gasteiger charge is 2.22. The Morgan fingerprint density at radius 3 is 2.83 bits per heavy atom. The summed E-state index contributed by atoms with van der Waals surface area (Å²) in [6.07, 6.45) is 7.20. The van der Waals surface area contributed by atoms with E-state index in [1.807, 2.05) is 0 Å². The van der Waals surface area contributed by atoms with Gasteiger partial charge in [-0.25, -0.2) is 19.0 Å². The molecule has 3 aromatic rings. The van der Waals surface area contributed by atoms with Crippen molar-refractivity contribution in [1.29, 1.82) is 0 Å². The number of benzene rings is 1. The van der Waals surface area contributed by atoms with Gasteiger partial charge in [-0.2, -0.15) is 5.10 Å². The predicted molar refractivity (Wildman–Crippen MR) is 149 cm³/mol. The van der Waals surface area contributed by atoms with Crippen LogP contribution in [0, 0.1) is 9.87 Å². The lowest BCUT2D eigenvalue weighted by molar-refractivity contribution is -0.116. The quantitative estimate of drug-likeness (QED) is 0.148. The van der Waals surface area contributed by atoms with Gasteiger partial charge in [-0.05, 0) is 62.2 Å². The third-order valence-corrected chi connectivity index (χ3v) is 8.59. The van der Waals surface area contributed by atoms with Crippen LogP contribution in [0.15, 0.2) is 63.1 Å². The van der Waals surface area contributed by atoms with Crippen molar-refractivity contribution in [1.82, 2.24) is 19.7 Å². The highest BCUT2D eigenvalue weighted by Crippen LogP contribution is 2.35. The second-order valence-electron chi connectivity index (χ2n) is 7.87. The first-order valence-corrected chi connectivity index (χ1v) is 13.8. The Balaban J connectivity index is 1.48. The first-order valence-electron chi connectivity index (χ1n) is 10.9. The van der Waals surface area contributed by atoms with Gasteiger partial charge in [0, 0.05) is 16.8 Å². The van der Waals surface area contributed by atoms with Crippen molar-refractivity contribution in [2.24, 2.45) is 5.92 Å². The van der Waals surface area contributed by atoms with E-state index in [0.717, 1.165) is 16.0 Å². The lowest BCUT2D eigenvalue weighted by Crippen LogP contribution is -2.19. The third-order valence-electron chi connectivity index (χ3n) is 5.08. The number of carbonyl (C=O) groups is 1. The Hall–Kier alpha value is -2.31. The zero-order valence-electron chi connectivity index (χ0n) is 19.0. The van der Waals surface area contributed by atoms with Gasteiger partial charge in [0.1, 0.15) is 25.0 Å². The molecule has 2 N–H and O–H groups in total. The van der Waals surface area contributed by atoms with Gasteiger partial charge in [-0.3, -0.25) is 4.79 Å². The molecule has 2 heterocycles. The molecule has 1 aliphatic rings. The summed E-state index contributed by atoms with van der Waals surface area (Å²) >= 11 is 20.6. The Kier molecular flexibility index (Phi) is 9.13. The second kappa shape index (κ2) is 12.3. The summed E-state index contributed by atoms with van der Waals surface area (Å²) in [7, 11) is 0. The van der Waals surface area contributed by atoms with Crippen LogP contribution in [0.1, 0.15) is 19.8 Å². The van der Waals surface area contributed by atoms with Crippen molar-refractivity contribution in [3.8, 4) is 0 Å². The van der Waals surface area contributed by atoms with Gasteiger partial charge in [-0.1, -0.05) is 52.4 Å². The monoisotopic (exact) mass is 582 g/mol. The van der Waals surface area contributed by atoms with Crippen molar-refractivity contribution in [3.63, 3.8) is 0 Å². The SMILES string of the molecule is C\C=C(Cl)/C(Cl)=C\C(=C\F)Nc1ncnc2ccc(NC(=O)Cn3nc(SCC4CC4)sc3=S)cc12. The first-order chi connectivity index (χ1) is 17.4. The maximum Gasteiger partial charge on any atom is 0.246 e. The van der Waals surface area contributed by atoms with E-state index in [4.69, 9.17) is 35.4 Å². The first kappa shape index (κ1) is 26.7. The minimum Gasteiger partial charge on any atom is -0.338 e. The van der Waals surface area contributed by atoms with Crippen molar-refractivity contribution in [2.45, 2.75) is 30.6 Å². The van der Waals surface area contributed by atoms with Gasteiger partial charge in [0.15, 0.2) is 8.29 Å². The summed E-state index contributed by atoms with van der Waals surface area (Å²) in [5, 5.41) is 11.2. The fourth-order valence-corrected chi connectivity index (χ4v) is 5.89. The van der Waals surface area contributed by atoms with E-state index < -0.39 is 0 Å². The fourth-order valence-electron chi connectivity index (χ4n) is 3.06. The highest BCUT2D eigenvalue weighted by atomic mass is 35.5. The zero-order valence-corrected chi connectivity index (χ0v) is 23.0. The van der Waals surface area contributed by atoms with E-state index in [-0.39, 0.29) is 28.2 Å². The van der Waals surface area contributed by atoms with E-state index in [9.17, 15) is 9.18 Å². The van der Waals surface area contributed by atoms with E-state index in [1.54, 1.807) is 43.0 Å². The van der Waals surface area contributed by atoms with Crippen LogP contribution in [-0.4, -0.2) is 31.4 Å². The molecule has 1 saturated carbocycles. The summed E-state index contributed by atoms with van der Waals surface area (Å²) in [4.78, 5) is 21.2. The van der Waals surface area contributed by atoms with Gasteiger partial charge in [0.25, 0.3) is 0 Å². The molecule has 0 aliphatic heterocycles. The molecular formula is C23H21Cl2FN6OS3. The molecule has 0 radical (unpaired) electrons. The number of hydrogen-bond donors (Lipinski definition) is 2. The summed E-state index contributed by atoms with van der Waals surface area (Å²) in [6.45, 7) is 1.71. The molecule has 7 nitrogen and oxygen atoms in total. The van der Waals surface area contributed by atoms with Crippen molar-refractivity contribution in [2.75, 3.05) is 16.4 Å². The van der Waals surface area contributed by atoms with Gasteiger partial charge >= 0.3 is 0 Å². The molecule has 36 heavy (non-hydrogen) atoms. The van der Waals surface area contributed by atoms with E-state index in [0.29, 0.717) is 32.7 Å². The lowest BCUT2D eigenvalue weighted by atomic mass is 10.2. The van der Waals surface area contributed by atoms with Crippen LogP contribution in [0.25, 0.3) is 10.9 Å². The average molecular weight is 584 g/mol. The third kappa shape index (κ3) is 7.13. The normalized spacial score (nSPS) is 14.8. The van der Waals surface area contributed by atoms with E-state index >= 15 is 0 Å². The number of carbonyl (C=O) groups excluding carboxylic acids is 1. The number of halogens is 3. The maximum atomic E-state index is 13.5. The number of anilines is 2. The molecule has 0 saturated heterocycles. The minimum absolute atomic E-state index is 0.00249. The number of allylic oxidation sites excluding steroid dienone is 4. The predicted octanol–water partition coefficient (Wildman–Crippen LogP) is 7.25. The van der Waals surface area contributed by atoms with Crippen molar-refractivity contribution >= 4 is 86.8 Å². The maximum absolute atomic E-state index is 13.5. The van der Waals surface area contributed by atoms with Crippen LogP contribution in [0.4, 0.5) is 15.9 Å². The Bertz CT molecular complexity index is 1430. The van der Waals surface area contributed by atoms with Crippen LogP contribution in [0.5, 0.6) is 0 Å². The largest absolute Gasteiger partial charge is 0.338 e. The van der Waals surface area contributed by atoms with Crippen molar-refractivity contribution < 1.29 is 9.18 Å². The average Bonchev–Trinajstić information content (AvgIpc) is 3.64. The molecule has 1 aromatic carbocycles. The molecule has 0 atom stereocenters. The van der Waals surface area contributed by atoms with Gasteiger partial charge in [-0.15, -0.1) is 0 Å². The highest BCUT2D eigenvalue weighted by molar-refractivity contribution is 8.01. The molecule has 1 aliphatic carbocycles. The molecule has 2 aromatic heterocycles. The number of aromatic nitrogens is 4. The van der Waals surface area contributed by atoms with Gasteiger partial charge < -0.3 is 10.6 Å². The number of nitrogens with one attached hydrogen (secondary N) is 2. The number of rotatable bonds is 10. The Morgan fingerprint density at radius 2 is 2.11 bits per heavy atom. The second-order valence-corrected chi connectivity index (χ2v) is 11.6. The smallest absolute Gasteiger partial charge is 0.246 e. The molecule has 1 amide bonds. The number of fused-ring (bicyclic) bond motifs is 1. The Labute approximate surface area is 230 Å². The number of hydrogen-bond acceptors (Lipinski definition) is 8. The molecule has 13 heteroatoms. The molecule has 4 rings (SSSR count). The molecular weight excluding hydrogens is 562 g/mol. The molecule has 0 unspecified atom stereocenters. The van der Waals surface area contributed by atoms with Crippen LogP contribution in [0.3, 0.4) is 0 Å². The Morgan fingerprint density at radius 1 is 1.31 bits per heavy atom. The van der Waals surface area contributed by atoms with Gasteiger partial charge in [0.2, 0.25) is 5.91 Å². The summed E-state index contributed by atoms with van der Waals surface area (Å²) in [5.74, 6) is 1.86. The molecule has 1 fully saturated rings. The van der Waals surface area contributed by atoms with Crippen molar-refractivity contribution in [3.05, 3.63) is 62.7 Å². The topological polar surface area (TPSA) is 84.7 Å². The molecule has 0 spiro atoms.